The number of hydrogen-bond acceptors (Lipinski definition) is 6. The van der Waals surface area contributed by atoms with Crippen molar-refractivity contribution in [3.63, 3.8) is 0 Å². The van der Waals surface area contributed by atoms with E-state index in [0.717, 1.165) is 39.3 Å². The predicted octanol–water partition coefficient (Wildman–Crippen LogP) is 6.29. The maximum atomic E-state index is 6.77. The van der Waals surface area contributed by atoms with Gasteiger partial charge in [0.05, 0.1) is 19.9 Å². The molecule has 0 bridgehead atoms. The van der Waals surface area contributed by atoms with Crippen LogP contribution in [0.4, 0.5) is 5.95 Å². The highest BCUT2D eigenvalue weighted by molar-refractivity contribution is 5.85. The van der Waals surface area contributed by atoms with Crippen LogP contribution < -0.4 is 19.5 Å². The molecule has 4 aromatic rings. The van der Waals surface area contributed by atoms with Crippen molar-refractivity contribution in [1.29, 1.82) is 0 Å². The molecule has 7 heteroatoms. The third kappa shape index (κ3) is 3.82. The molecule has 1 aromatic heterocycles. The summed E-state index contributed by atoms with van der Waals surface area (Å²) in [6.07, 6.45) is 1.26. The van der Waals surface area contributed by atoms with Crippen molar-refractivity contribution >= 4 is 11.6 Å². The van der Waals surface area contributed by atoms with Crippen LogP contribution in [-0.4, -0.2) is 29.0 Å². The molecule has 37 heavy (non-hydrogen) atoms. The van der Waals surface area contributed by atoms with Gasteiger partial charge in [-0.1, -0.05) is 55.8 Å². The first kappa shape index (κ1) is 23.2. The molecule has 188 valence electrons. The van der Waals surface area contributed by atoms with Crippen molar-refractivity contribution in [2.75, 3.05) is 19.5 Å². The molecule has 0 saturated carbocycles. The molecule has 2 aliphatic rings. The molecule has 0 spiro atoms. The van der Waals surface area contributed by atoms with Gasteiger partial charge in [0.1, 0.15) is 24.2 Å². The number of rotatable bonds is 5. The minimum absolute atomic E-state index is 0.267. The molecular formula is C30H30N4O3. The Labute approximate surface area is 216 Å². The van der Waals surface area contributed by atoms with Gasteiger partial charge in [-0.05, 0) is 53.8 Å². The average Bonchev–Trinajstić information content (AvgIpc) is 3.39. The van der Waals surface area contributed by atoms with Gasteiger partial charge in [-0.2, -0.15) is 10.1 Å². The Morgan fingerprint density at radius 1 is 0.919 bits per heavy atom. The van der Waals surface area contributed by atoms with Crippen LogP contribution in [0.15, 0.2) is 72.6 Å². The summed E-state index contributed by atoms with van der Waals surface area (Å²) in [7, 11) is 3.29. The third-order valence-electron chi connectivity index (χ3n) is 7.20. The van der Waals surface area contributed by atoms with E-state index in [4.69, 9.17) is 14.2 Å². The topological polar surface area (TPSA) is 70.4 Å². The van der Waals surface area contributed by atoms with Crippen molar-refractivity contribution in [2.45, 2.75) is 38.8 Å². The van der Waals surface area contributed by atoms with Crippen LogP contribution in [0.3, 0.4) is 0 Å². The van der Waals surface area contributed by atoms with Crippen molar-refractivity contribution in [1.82, 2.24) is 14.8 Å². The van der Waals surface area contributed by atoms with Crippen LogP contribution in [0.1, 0.15) is 59.7 Å². The van der Waals surface area contributed by atoms with Gasteiger partial charge in [-0.3, -0.25) is 0 Å². The summed E-state index contributed by atoms with van der Waals surface area (Å²) in [4.78, 5) is 4.53. The standard InChI is InChI=1S/C30H30N4O3/c1-17(2)19-7-9-20(10-8-19)29-26-27(22-14-18(3)6-12-23(22)37-29)33-30-31-16-32-34(30)28(26)21-11-13-24(35-4)25(15-21)36-5/h6-17,28-29H,1-5H3,(H,31,32,33)/t28-,29+/m1/s1. The Hall–Kier alpha value is -4.26. The highest BCUT2D eigenvalue weighted by Crippen LogP contribution is 2.51. The Morgan fingerprint density at radius 2 is 1.68 bits per heavy atom. The Kier molecular flexibility index (Phi) is 5.63. The molecule has 0 fully saturated rings. The van der Waals surface area contributed by atoms with Crippen molar-refractivity contribution in [3.8, 4) is 17.2 Å². The van der Waals surface area contributed by atoms with E-state index in [0.29, 0.717) is 23.4 Å². The van der Waals surface area contributed by atoms with Crippen molar-refractivity contribution < 1.29 is 14.2 Å². The molecule has 3 aromatic carbocycles. The fourth-order valence-electron chi connectivity index (χ4n) is 5.26. The van der Waals surface area contributed by atoms with E-state index in [1.807, 2.05) is 16.8 Å². The van der Waals surface area contributed by atoms with Crippen LogP contribution in [0.5, 0.6) is 17.2 Å². The quantitative estimate of drug-likeness (QED) is 0.352. The monoisotopic (exact) mass is 494 g/mol. The molecule has 1 N–H and O–H groups in total. The lowest BCUT2D eigenvalue weighted by molar-refractivity contribution is 0.223. The van der Waals surface area contributed by atoms with Crippen LogP contribution in [-0.2, 0) is 0 Å². The van der Waals surface area contributed by atoms with E-state index in [1.54, 1.807) is 20.5 Å². The number of methoxy groups -OCH3 is 2. The van der Waals surface area contributed by atoms with E-state index in [2.05, 4.69) is 84.7 Å². The van der Waals surface area contributed by atoms with Crippen molar-refractivity contribution in [2.24, 2.45) is 0 Å². The molecule has 0 radical (unpaired) electrons. The fourth-order valence-corrected chi connectivity index (χ4v) is 5.26. The molecule has 7 nitrogen and oxygen atoms in total. The minimum Gasteiger partial charge on any atom is -0.493 e. The van der Waals surface area contributed by atoms with E-state index < -0.39 is 0 Å². The molecular weight excluding hydrogens is 464 g/mol. The summed E-state index contributed by atoms with van der Waals surface area (Å²) in [5.41, 5.74) is 7.63. The lowest BCUT2D eigenvalue weighted by atomic mass is 9.84. The number of anilines is 1. The number of hydrogen-bond donors (Lipinski definition) is 1. The molecule has 0 saturated heterocycles. The van der Waals surface area contributed by atoms with Gasteiger partial charge in [0.2, 0.25) is 5.95 Å². The zero-order valence-corrected chi connectivity index (χ0v) is 21.6. The van der Waals surface area contributed by atoms with Gasteiger partial charge in [-0.15, -0.1) is 0 Å². The van der Waals surface area contributed by atoms with Crippen LogP contribution in [0.2, 0.25) is 0 Å². The maximum Gasteiger partial charge on any atom is 0.226 e. The Morgan fingerprint density at radius 3 is 2.41 bits per heavy atom. The van der Waals surface area contributed by atoms with Crippen LogP contribution >= 0.6 is 0 Å². The highest BCUT2D eigenvalue weighted by Gasteiger charge is 2.41. The van der Waals surface area contributed by atoms with Gasteiger partial charge in [0, 0.05) is 11.1 Å². The van der Waals surface area contributed by atoms with Gasteiger partial charge >= 0.3 is 0 Å². The van der Waals surface area contributed by atoms with Gasteiger partial charge < -0.3 is 19.5 Å². The summed E-state index contributed by atoms with van der Waals surface area (Å²) < 4.78 is 19.9. The zero-order chi connectivity index (χ0) is 25.7. The summed E-state index contributed by atoms with van der Waals surface area (Å²) in [6.45, 7) is 6.50. The fraction of sp³-hybridized carbons (Fsp3) is 0.267. The normalized spacial score (nSPS) is 17.9. The van der Waals surface area contributed by atoms with Gasteiger partial charge in [0.15, 0.2) is 11.5 Å². The highest BCUT2D eigenvalue weighted by atomic mass is 16.5. The number of ether oxygens (including phenoxy) is 3. The molecule has 0 amide bonds. The second-order valence-corrected chi connectivity index (χ2v) is 9.82. The first-order chi connectivity index (χ1) is 18.0. The molecule has 3 heterocycles. The zero-order valence-electron chi connectivity index (χ0n) is 21.6. The Bertz CT molecular complexity index is 1500. The first-order valence-corrected chi connectivity index (χ1v) is 12.5. The minimum atomic E-state index is -0.325. The predicted molar refractivity (Wildman–Crippen MR) is 143 cm³/mol. The largest absolute Gasteiger partial charge is 0.493 e. The summed E-state index contributed by atoms with van der Waals surface area (Å²) in [6, 6.07) is 20.8. The second kappa shape index (κ2) is 9.00. The van der Waals surface area contributed by atoms with E-state index in [-0.39, 0.29) is 12.1 Å². The SMILES string of the molecule is COc1ccc([C@@H]2C3=C(Nc4ncnn42)c2cc(C)ccc2O[C@H]3c2ccc(C(C)C)cc2)cc1OC. The van der Waals surface area contributed by atoms with Crippen molar-refractivity contribution in [3.05, 3.63) is 100 Å². The average molecular weight is 495 g/mol. The summed E-state index contributed by atoms with van der Waals surface area (Å²) in [5, 5.41) is 8.20. The molecule has 0 aliphatic carbocycles. The number of nitrogens with one attached hydrogen (secondary N) is 1. The van der Waals surface area contributed by atoms with Gasteiger partial charge in [-0.25, -0.2) is 4.68 Å². The molecule has 0 unspecified atom stereocenters. The number of nitrogens with zero attached hydrogens (tertiary/aromatic N) is 3. The number of aromatic nitrogens is 3. The molecule has 2 atom stereocenters. The van der Waals surface area contributed by atoms with Crippen LogP contribution in [0.25, 0.3) is 5.70 Å². The summed E-state index contributed by atoms with van der Waals surface area (Å²) >= 11 is 0. The van der Waals surface area contributed by atoms with E-state index in [1.165, 1.54) is 5.56 Å². The molecule has 6 rings (SSSR count). The van der Waals surface area contributed by atoms with E-state index in [9.17, 15) is 0 Å². The molecule has 2 aliphatic heterocycles. The number of aryl methyl sites for hydroxylation is 1. The second-order valence-electron chi connectivity index (χ2n) is 9.82. The lowest BCUT2D eigenvalue weighted by Gasteiger charge is -2.39. The smallest absolute Gasteiger partial charge is 0.226 e. The number of fused-ring (bicyclic) bond motifs is 3. The number of benzene rings is 3. The maximum absolute atomic E-state index is 6.77. The third-order valence-corrected chi connectivity index (χ3v) is 7.20. The van der Waals surface area contributed by atoms with E-state index >= 15 is 0 Å². The Balaban J connectivity index is 1.59. The summed E-state index contributed by atoms with van der Waals surface area (Å²) in [5.74, 6) is 3.31. The van der Waals surface area contributed by atoms with Crippen LogP contribution in [0, 0.1) is 6.92 Å². The first-order valence-electron chi connectivity index (χ1n) is 12.5. The lowest BCUT2D eigenvalue weighted by Crippen LogP contribution is -2.32. The van der Waals surface area contributed by atoms with Gasteiger partial charge in [0.25, 0.3) is 0 Å².